The quantitative estimate of drug-likeness (QED) is 0.496. The van der Waals surface area contributed by atoms with E-state index in [0.717, 1.165) is 0 Å². The summed E-state index contributed by atoms with van der Waals surface area (Å²) in [4.78, 5) is 21.5. The monoisotopic (exact) mass is 238 g/mol. The number of aliphatic carboxylic acids is 1. The third kappa shape index (κ3) is 3.51. The highest BCUT2D eigenvalue weighted by molar-refractivity contribution is 6.70. The van der Waals surface area contributed by atoms with Crippen LogP contribution in [0.4, 0.5) is 0 Å². The van der Waals surface area contributed by atoms with Gasteiger partial charge >= 0.3 is 5.97 Å². The summed E-state index contributed by atoms with van der Waals surface area (Å²) in [5.41, 5.74) is 0.162. The highest BCUT2D eigenvalue weighted by atomic mass is 28.4. The van der Waals surface area contributed by atoms with Crippen molar-refractivity contribution in [3.05, 3.63) is 29.8 Å². The molecule has 1 rings (SSSR count). The zero-order valence-corrected chi connectivity index (χ0v) is 10.5. The summed E-state index contributed by atoms with van der Waals surface area (Å²) in [5.74, 6) is -1.68. The minimum atomic E-state index is -1.67. The molecule has 0 spiro atoms. The molecule has 0 aromatic heterocycles. The normalized spacial score (nSPS) is 10.9. The number of carboxylic acids is 1. The van der Waals surface area contributed by atoms with Crippen LogP contribution in [0.3, 0.4) is 0 Å². The molecule has 1 aromatic carbocycles. The fourth-order valence-corrected chi connectivity index (χ4v) is 1.99. The predicted molar refractivity (Wildman–Crippen MR) is 62.4 cm³/mol. The second-order valence-electron chi connectivity index (χ2n) is 4.37. The van der Waals surface area contributed by atoms with Gasteiger partial charge in [0.1, 0.15) is 5.75 Å². The fraction of sp³-hybridized carbons (Fsp3) is 0.273. The molecule has 0 fully saturated rings. The number of carboxylic acid groups (broad SMARTS) is 1. The SMILES string of the molecule is C[Si](C)(C)Oc1ccc(C(=O)C(=O)O)cc1. The van der Waals surface area contributed by atoms with Gasteiger partial charge in [0.15, 0.2) is 0 Å². The van der Waals surface area contributed by atoms with Crippen molar-refractivity contribution in [2.24, 2.45) is 0 Å². The molecule has 0 aliphatic carbocycles. The van der Waals surface area contributed by atoms with Crippen molar-refractivity contribution < 1.29 is 19.1 Å². The lowest BCUT2D eigenvalue weighted by molar-refractivity contribution is -0.131. The molecule has 5 heteroatoms. The van der Waals surface area contributed by atoms with Crippen LogP contribution in [-0.2, 0) is 4.79 Å². The molecular formula is C11H14O4Si. The molecule has 1 aromatic rings. The smallest absolute Gasteiger partial charge is 0.377 e. The average molecular weight is 238 g/mol. The summed E-state index contributed by atoms with van der Waals surface area (Å²) in [6, 6.07) is 6.17. The number of Topliss-reactive ketones (excluding diaryl/α,β-unsaturated/α-hetero) is 1. The van der Waals surface area contributed by atoms with Crippen molar-refractivity contribution in [3.63, 3.8) is 0 Å². The Kier molecular flexibility index (Phi) is 3.49. The van der Waals surface area contributed by atoms with Gasteiger partial charge in [0.25, 0.3) is 5.78 Å². The first-order valence-corrected chi connectivity index (χ1v) is 8.27. The van der Waals surface area contributed by atoms with E-state index in [2.05, 4.69) is 0 Å². The van der Waals surface area contributed by atoms with Gasteiger partial charge in [0.2, 0.25) is 8.32 Å². The molecule has 1 N–H and O–H groups in total. The molecule has 16 heavy (non-hydrogen) atoms. The molecule has 86 valence electrons. The molecule has 4 nitrogen and oxygen atoms in total. The van der Waals surface area contributed by atoms with Crippen molar-refractivity contribution >= 4 is 20.1 Å². The van der Waals surface area contributed by atoms with Crippen molar-refractivity contribution in [1.82, 2.24) is 0 Å². The lowest BCUT2D eigenvalue weighted by Gasteiger charge is -2.18. The number of rotatable bonds is 4. The van der Waals surface area contributed by atoms with Crippen molar-refractivity contribution in [3.8, 4) is 5.75 Å². The van der Waals surface area contributed by atoms with E-state index in [9.17, 15) is 9.59 Å². The summed E-state index contributed by atoms with van der Waals surface area (Å²) in [6.07, 6.45) is 0. The zero-order valence-electron chi connectivity index (χ0n) is 9.48. The van der Waals surface area contributed by atoms with Crippen LogP contribution in [0.1, 0.15) is 10.4 Å². The van der Waals surface area contributed by atoms with Gasteiger partial charge in [0, 0.05) is 5.56 Å². The molecule has 0 bridgehead atoms. The Hall–Kier alpha value is -1.62. The van der Waals surface area contributed by atoms with Crippen LogP contribution in [0.15, 0.2) is 24.3 Å². The lowest BCUT2D eigenvalue weighted by atomic mass is 10.1. The maximum absolute atomic E-state index is 11.1. The maximum Gasteiger partial charge on any atom is 0.377 e. The Balaban J connectivity index is 2.84. The van der Waals surface area contributed by atoms with E-state index in [-0.39, 0.29) is 5.56 Å². The van der Waals surface area contributed by atoms with E-state index < -0.39 is 20.1 Å². The molecule has 0 aliphatic rings. The Bertz CT molecular complexity index is 403. The summed E-state index contributed by atoms with van der Waals surface area (Å²) < 4.78 is 5.68. The van der Waals surface area contributed by atoms with Crippen LogP contribution in [0, 0.1) is 0 Å². The third-order valence-corrected chi connectivity index (χ3v) is 2.58. The van der Waals surface area contributed by atoms with E-state index in [1.54, 1.807) is 12.1 Å². The molecule has 0 unspecified atom stereocenters. The Morgan fingerprint density at radius 3 is 2.00 bits per heavy atom. The van der Waals surface area contributed by atoms with Gasteiger partial charge in [-0.05, 0) is 43.9 Å². The van der Waals surface area contributed by atoms with Crippen LogP contribution < -0.4 is 4.43 Å². The second-order valence-corrected chi connectivity index (χ2v) is 8.80. The topological polar surface area (TPSA) is 63.6 Å². The fourth-order valence-electron chi connectivity index (χ4n) is 1.15. The van der Waals surface area contributed by atoms with E-state index in [1.165, 1.54) is 12.1 Å². The van der Waals surface area contributed by atoms with E-state index >= 15 is 0 Å². The number of benzene rings is 1. The average Bonchev–Trinajstić information content (AvgIpc) is 2.15. The van der Waals surface area contributed by atoms with Gasteiger partial charge in [-0.2, -0.15) is 0 Å². The Morgan fingerprint density at radius 2 is 1.62 bits per heavy atom. The van der Waals surface area contributed by atoms with Crippen LogP contribution in [-0.4, -0.2) is 25.2 Å². The van der Waals surface area contributed by atoms with Gasteiger partial charge in [-0.25, -0.2) is 4.79 Å². The molecule has 0 heterocycles. The minimum Gasteiger partial charge on any atom is -0.544 e. The number of carbonyl (C=O) groups excluding carboxylic acids is 1. The highest BCUT2D eigenvalue weighted by Crippen LogP contribution is 2.17. The molecule has 0 amide bonds. The van der Waals surface area contributed by atoms with Gasteiger partial charge in [-0.3, -0.25) is 4.79 Å². The first-order valence-electron chi connectivity index (χ1n) is 4.86. The molecule has 0 saturated heterocycles. The lowest BCUT2D eigenvalue weighted by Crippen LogP contribution is -2.29. The van der Waals surface area contributed by atoms with Crippen LogP contribution in [0.5, 0.6) is 5.75 Å². The highest BCUT2D eigenvalue weighted by Gasteiger charge is 2.17. The first kappa shape index (κ1) is 12.4. The number of carbonyl (C=O) groups is 2. The van der Waals surface area contributed by atoms with Crippen molar-refractivity contribution in [2.45, 2.75) is 19.6 Å². The molecule has 0 atom stereocenters. The molecule has 0 aliphatic heterocycles. The minimum absolute atomic E-state index is 0.162. The van der Waals surface area contributed by atoms with Gasteiger partial charge in [0.05, 0.1) is 0 Å². The summed E-state index contributed by atoms with van der Waals surface area (Å²) in [6.45, 7) is 6.13. The van der Waals surface area contributed by atoms with Crippen LogP contribution in [0.2, 0.25) is 19.6 Å². The first-order chi connectivity index (χ1) is 7.29. The van der Waals surface area contributed by atoms with Gasteiger partial charge in [-0.1, -0.05) is 0 Å². The number of hydrogen-bond acceptors (Lipinski definition) is 3. The Labute approximate surface area is 95.0 Å². The largest absolute Gasteiger partial charge is 0.544 e. The summed E-state index contributed by atoms with van der Waals surface area (Å²) in [7, 11) is -1.67. The molecule has 0 radical (unpaired) electrons. The maximum atomic E-state index is 11.1. The molecular weight excluding hydrogens is 224 g/mol. The summed E-state index contributed by atoms with van der Waals surface area (Å²) in [5, 5.41) is 8.52. The van der Waals surface area contributed by atoms with Gasteiger partial charge < -0.3 is 9.53 Å². The third-order valence-electron chi connectivity index (χ3n) is 1.73. The number of ketones is 1. The van der Waals surface area contributed by atoms with Gasteiger partial charge in [-0.15, -0.1) is 0 Å². The van der Waals surface area contributed by atoms with Crippen LogP contribution in [0.25, 0.3) is 0 Å². The van der Waals surface area contributed by atoms with Crippen molar-refractivity contribution in [2.75, 3.05) is 0 Å². The zero-order chi connectivity index (χ0) is 12.3. The van der Waals surface area contributed by atoms with E-state index in [1.807, 2.05) is 19.6 Å². The van der Waals surface area contributed by atoms with Crippen molar-refractivity contribution in [1.29, 1.82) is 0 Å². The predicted octanol–water partition coefficient (Wildman–Crippen LogP) is 2.17. The molecule has 0 saturated carbocycles. The Morgan fingerprint density at radius 1 is 1.12 bits per heavy atom. The van der Waals surface area contributed by atoms with E-state index in [4.69, 9.17) is 9.53 Å². The second kappa shape index (κ2) is 4.48. The standard InChI is InChI=1S/C11H14O4Si/c1-16(2,3)15-9-6-4-8(5-7-9)10(12)11(13)14/h4-7H,1-3H3,(H,13,14). The van der Waals surface area contributed by atoms with E-state index in [0.29, 0.717) is 5.75 Å². The summed E-state index contributed by atoms with van der Waals surface area (Å²) >= 11 is 0. The number of hydrogen-bond donors (Lipinski definition) is 1. The van der Waals surface area contributed by atoms with Crippen LogP contribution >= 0.6 is 0 Å².